The summed E-state index contributed by atoms with van der Waals surface area (Å²) in [6.45, 7) is 6.51. The van der Waals surface area contributed by atoms with E-state index in [9.17, 15) is 15.0 Å². The lowest BCUT2D eigenvalue weighted by atomic mass is 9.48. The Morgan fingerprint density at radius 2 is 2.04 bits per heavy atom. The monoisotopic (exact) mass is 332 g/mol. The fourth-order valence-corrected chi connectivity index (χ4v) is 6.22. The van der Waals surface area contributed by atoms with Crippen LogP contribution in [0.1, 0.15) is 59.3 Å². The molecule has 0 spiro atoms. The van der Waals surface area contributed by atoms with Gasteiger partial charge in [-0.25, -0.2) is 4.79 Å². The maximum absolute atomic E-state index is 12.0. The van der Waals surface area contributed by atoms with E-state index in [1.807, 2.05) is 0 Å². The molecule has 0 bridgehead atoms. The zero-order valence-corrected chi connectivity index (χ0v) is 14.9. The summed E-state index contributed by atoms with van der Waals surface area (Å²) in [7, 11) is 0. The van der Waals surface area contributed by atoms with E-state index in [1.54, 1.807) is 6.92 Å². The fourth-order valence-electron chi connectivity index (χ4n) is 6.22. The Labute approximate surface area is 143 Å². The van der Waals surface area contributed by atoms with E-state index in [1.165, 1.54) is 5.57 Å². The van der Waals surface area contributed by atoms with Gasteiger partial charge in [0.25, 0.3) is 0 Å². The predicted molar refractivity (Wildman–Crippen MR) is 90.1 cm³/mol. The van der Waals surface area contributed by atoms with Crippen molar-refractivity contribution in [3.8, 4) is 0 Å². The topological polar surface area (TPSA) is 66.8 Å². The number of rotatable bonds is 1. The molecule has 1 aliphatic heterocycles. The predicted octanol–water partition coefficient (Wildman–Crippen LogP) is 2.89. The zero-order valence-electron chi connectivity index (χ0n) is 14.9. The van der Waals surface area contributed by atoms with Gasteiger partial charge in [0.15, 0.2) is 0 Å². The Bertz CT molecular complexity index is 661. The first kappa shape index (κ1) is 16.3. The van der Waals surface area contributed by atoms with Crippen molar-refractivity contribution < 1.29 is 19.7 Å². The van der Waals surface area contributed by atoms with Crippen LogP contribution >= 0.6 is 0 Å². The Kier molecular flexibility index (Phi) is 3.53. The molecule has 24 heavy (non-hydrogen) atoms. The maximum Gasteiger partial charge on any atom is 0.334 e. The molecule has 3 aliphatic carbocycles. The van der Waals surface area contributed by atoms with E-state index >= 15 is 0 Å². The highest BCUT2D eigenvalue weighted by Crippen LogP contribution is 2.62. The molecule has 5 atom stereocenters. The van der Waals surface area contributed by atoms with Crippen LogP contribution in [0.5, 0.6) is 0 Å². The van der Waals surface area contributed by atoms with Crippen LogP contribution in [0.15, 0.2) is 22.3 Å². The van der Waals surface area contributed by atoms with Gasteiger partial charge in [0, 0.05) is 24.2 Å². The van der Waals surface area contributed by atoms with Crippen LogP contribution in [0.2, 0.25) is 0 Å². The van der Waals surface area contributed by atoms with Gasteiger partial charge >= 0.3 is 5.97 Å². The van der Waals surface area contributed by atoms with Crippen molar-refractivity contribution in [2.75, 3.05) is 6.61 Å². The molecule has 0 unspecified atom stereocenters. The first-order valence-corrected chi connectivity index (χ1v) is 9.25. The normalized spacial score (nSPS) is 44.9. The molecule has 1 heterocycles. The van der Waals surface area contributed by atoms with Gasteiger partial charge in [-0.3, -0.25) is 0 Å². The van der Waals surface area contributed by atoms with Crippen molar-refractivity contribution in [3.05, 3.63) is 22.3 Å². The molecule has 4 rings (SSSR count). The number of aliphatic hydroxyl groups is 2. The van der Waals surface area contributed by atoms with Crippen LogP contribution in [0.3, 0.4) is 0 Å². The Morgan fingerprint density at radius 1 is 1.29 bits per heavy atom. The van der Waals surface area contributed by atoms with E-state index in [0.29, 0.717) is 11.5 Å². The van der Waals surface area contributed by atoms with Crippen LogP contribution in [0, 0.1) is 16.7 Å². The summed E-state index contributed by atoms with van der Waals surface area (Å²) in [5.41, 5.74) is 3.77. The second-order valence-electron chi connectivity index (χ2n) is 8.76. The Hall–Kier alpha value is -1.13. The van der Waals surface area contributed by atoms with Crippen LogP contribution in [-0.4, -0.2) is 35.0 Å². The molecule has 4 heteroatoms. The fraction of sp³-hybridized carbons (Fsp3) is 0.750. The van der Waals surface area contributed by atoms with Crippen LogP contribution < -0.4 is 0 Å². The molecule has 0 aromatic heterocycles. The van der Waals surface area contributed by atoms with Gasteiger partial charge in [-0.15, -0.1) is 0 Å². The minimum Gasteiger partial charge on any atom is -0.454 e. The molecule has 1 fully saturated rings. The molecular weight excluding hydrogens is 304 g/mol. The minimum atomic E-state index is -0.662. The molecule has 0 aromatic carbocycles. The summed E-state index contributed by atoms with van der Waals surface area (Å²) >= 11 is 0. The molecule has 0 radical (unpaired) electrons. The Balaban J connectivity index is 1.79. The van der Waals surface area contributed by atoms with Gasteiger partial charge < -0.3 is 14.9 Å². The molecule has 4 aliphatic rings. The lowest BCUT2D eigenvalue weighted by molar-refractivity contribution is -0.140. The number of ether oxygens (including phenoxy) is 1. The van der Waals surface area contributed by atoms with Gasteiger partial charge in [-0.2, -0.15) is 0 Å². The Morgan fingerprint density at radius 3 is 2.75 bits per heavy atom. The number of fused-ring (bicyclic) bond motifs is 3. The molecule has 4 nitrogen and oxygen atoms in total. The zero-order chi connectivity index (χ0) is 17.3. The molecule has 0 saturated heterocycles. The molecular formula is C20H28O4. The summed E-state index contributed by atoms with van der Waals surface area (Å²) in [6, 6.07) is 0. The average Bonchev–Trinajstić information content (AvgIpc) is 2.83. The number of hydrogen-bond acceptors (Lipinski definition) is 4. The third kappa shape index (κ3) is 1.96. The number of aliphatic hydroxyl groups excluding tert-OH is 2. The summed E-state index contributed by atoms with van der Waals surface area (Å²) in [6.07, 6.45) is 4.91. The van der Waals surface area contributed by atoms with E-state index < -0.39 is 6.10 Å². The summed E-state index contributed by atoms with van der Waals surface area (Å²) in [5.74, 6) is 0.151. The average molecular weight is 332 g/mol. The smallest absolute Gasteiger partial charge is 0.334 e. The SMILES string of the molecule is CC1=C2[C@@H](O)C3=C(C[C@H]2OC1=O)[C@]1(C)CCC[C@@](C)(CO)[C@H]1CC3. The number of carbonyl (C=O) groups is 1. The lowest BCUT2D eigenvalue weighted by Gasteiger charge is -2.57. The van der Waals surface area contributed by atoms with Crippen molar-refractivity contribution in [1.29, 1.82) is 0 Å². The summed E-state index contributed by atoms with van der Waals surface area (Å²) in [5, 5.41) is 21.0. The second kappa shape index (κ2) is 5.18. The van der Waals surface area contributed by atoms with Crippen molar-refractivity contribution in [2.24, 2.45) is 16.7 Å². The van der Waals surface area contributed by atoms with Crippen molar-refractivity contribution in [2.45, 2.75) is 71.5 Å². The first-order valence-electron chi connectivity index (χ1n) is 9.25. The van der Waals surface area contributed by atoms with E-state index in [4.69, 9.17) is 4.74 Å². The molecule has 0 amide bonds. The van der Waals surface area contributed by atoms with Crippen molar-refractivity contribution >= 4 is 5.97 Å². The summed E-state index contributed by atoms with van der Waals surface area (Å²) in [4.78, 5) is 12.0. The van der Waals surface area contributed by atoms with Crippen molar-refractivity contribution in [1.82, 2.24) is 0 Å². The van der Waals surface area contributed by atoms with Gasteiger partial charge in [0.05, 0.1) is 0 Å². The largest absolute Gasteiger partial charge is 0.454 e. The molecule has 2 N–H and O–H groups in total. The van der Waals surface area contributed by atoms with E-state index in [2.05, 4.69) is 13.8 Å². The highest BCUT2D eigenvalue weighted by atomic mass is 16.5. The third-order valence-electron chi connectivity index (χ3n) is 7.54. The van der Waals surface area contributed by atoms with Gasteiger partial charge in [0.1, 0.15) is 12.2 Å². The number of hydrogen-bond donors (Lipinski definition) is 2. The number of carbonyl (C=O) groups excluding carboxylic acids is 1. The molecule has 132 valence electrons. The van der Waals surface area contributed by atoms with Gasteiger partial charge in [0.2, 0.25) is 0 Å². The second-order valence-corrected chi connectivity index (χ2v) is 8.76. The highest BCUT2D eigenvalue weighted by Gasteiger charge is 2.55. The molecule has 1 saturated carbocycles. The third-order valence-corrected chi connectivity index (χ3v) is 7.54. The summed E-state index contributed by atoms with van der Waals surface area (Å²) < 4.78 is 5.54. The standard InChI is InChI=1S/C20H28O4/c1-11-16-14(24-18(11)23)9-13-12(17(16)22)5-6-15-19(2,10-21)7-4-8-20(13,15)3/h14-15,17,21-22H,4-10H2,1-3H3/t14-,15-,17+,19+,20+/m1/s1. The van der Waals surface area contributed by atoms with Crippen LogP contribution in [-0.2, 0) is 9.53 Å². The highest BCUT2D eigenvalue weighted by molar-refractivity contribution is 5.92. The van der Waals surface area contributed by atoms with E-state index in [0.717, 1.165) is 49.7 Å². The van der Waals surface area contributed by atoms with Gasteiger partial charge in [-0.05, 0) is 54.9 Å². The minimum absolute atomic E-state index is 0.00126. The quantitative estimate of drug-likeness (QED) is 0.572. The van der Waals surface area contributed by atoms with Crippen molar-refractivity contribution in [3.63, 3.8) is 0 Å². The van der Waals surface area contributed by atoms with Crippen LogP contribution in [0.4, 0.5) is 0 Å². The lowest BCUT2D eigenvalue weighted by Crippen LogP contribution is -2.51. The van der Waals surface area contributed by atoms with Crippen LogP contribution in [0.25, 0.3) is 0 Å². The molecule has 0 aromatic rings. The van der Waals surface area contributed by atoms with Gasteiger partial charge in [-0.1, -0.05) is 25.8 Å². The van der Waals surface area contributed by atoms with E-state index in [-0.39, 0.29) is 29.5 Å². The first-order chi connectivity index (χ1) is 11.3. The maximum atomic E-state index is 12.0. The number of esters is 1.